The fraction of sp³-hybridized carbons (Fsp3) is 0.360. The van der Waals surface area contributed by atoms with Crippen LogP contribution < -0.4 is 16.2 Å². The lowest BCUT2D eigenvalue weighted by molar-refractivity contribution is 0.0240. The molecule has 0 bridgehead atoms. The van der Waals surface area contributed by atoms with E-state index in [1.54, 1.807) is 11.0 Å². The van der Waals surface area contributed by atoms with E-state index in [1.165, 1.54) is 12.3 Å². The van der Waals surface area contributed by atoms with Crippen molar-refractivity contribution in [3.63, 3.8) is 0 Å². The van der Waals surface area contributed by atoms with Crippen molar-refractivity contribution in [2.45, 2.75) is 33.3 Å². The van der Waals surface area contributed by atoms with Crippen LogP contribution in [0.1, 0.15) is 26.3 Å². The molecule has 1 amide bonds. The lowest BCUT2D eigenvalue weighted by Gasteiger charge is -2.36. The van der Waals surface area contributed by atoms with E-state index in [4.69, 9.17) is 15.5 Å². The molecule has 0 radical (unpaired) electrons. The van der Waals surface area contributed by atoms with Crippen LogP contribution in [-0.2, 0) is 4.74 Å². The number of hydrogen-bond acceptors (Lipinski definition) is 7. The molecule has 0 saturated carbocycles. The zero-order valence-corrected chi connectivity index (χ0v) is 20.6. The number of rotatable bonds is 2. The third-order valence-corrected chi connectivity index (χ3v) is 6.25. The molecule has 1 aliphatic heterocycles. The molecule has 1 fully saturated rings. The zero-order valence-electron chi connectivity index (χ0n) is 20.6. The first-order valence-corrected chi connectivity index (χ1v) is 11.7. The van der Waals surface area contributed by atoms with Gasteiger partial charge in [0.05, 0.1) is 17.2 Å². The average Bonchev–Trinajstić information content (AvgIpc) is 3.31. The number of halogens is 1. The number of aromatic nitrogens is 4. The van der Waals surface area contributed by atoms with Crippen LogP contribution in [0.25, 0.3) is 33.1 Å². The molecule has 1 aliphatic rings. The molecular weight excluding hydrogens is 465 g/mol. The van der Waals surface area contributed by atoms with Crippen LogP contribution in [-0.4, -0.2) is 62.9 Å². The monoisotopic (exact) mass is 493 g/mol. The van der Waals surface area contributed by atoms with Crippen LogP contribution in [0.2, 0.25) is 0 Å². The molecule has 0 aliphatic carbocycles. The summed E-state index contributed by atoms with van der Waals surface area (Å²) in [5.41, 5.74) is 8.36. The Balaban J connectivity index is 1.56. The summed E-state index contributed by atoms with van der Waals surface area (Å²) < 4.78 is 19.8. The number of nitrogens with two attached hydrogens (primary N) is 1. The highest BCUT2D eigenvalue weighted by molar-refractivity contribution is 6.06. The number of H-pyrrole nitrogens is 2. The Hall–Kier alpha value is -4.15. The van der Waals surface area contributed by atoms with Gasteiger partial charge in [-0.3, -0.25) is 9.89 Å². The molecule has 0 unspecified atom stereocenters. The lowest BCUT2D eigenvalue weighted by Crippen LogP contribution is -2.50. The molecule has 3 aromatic heterocycles. The van der Waals surface area contributed by atoms with E-state index in [-0.39, 0.29) is 17.3 Å². The van der Waals surface area contributed by atoms with Crippen LogP contribution in [0, 0.1) is 12.7 Å². The number of carbonyl (C=O) groups excluding carboxylic acids is 1. The van der Waals surface area contributed by atoms with Gasteiger partial charge in [-0.15, -0.1) is 0 Å². The van der Waals surface area contributed by atoms with Gasteiger partial charge in [0.15, 0.2) is 0 Å². The second kappa shape index (κ2) is 8.51. The molecule has 10 nitrogen and oxygen atoms in total. The van der Waals surface area contributed by atoms with Gasteiger partial charge in [0.25, 0.3) is 5.56 Å². The number of nitrogens with zero attached hydrogens (tertiary/aromatic N) is 4. The molecule has 4 N–H and O–H groups in total. The average molecular weight is 494 g/mol. The summed E-state index contributed by atoms with van der Waals surface area (Å²) in [7, 11) is 0. The van der Waals surface area contributed by atoms with Crippen molar-refractivity contribution in [3.8, 4) is 11.1 Å². The number of pyridine rings is 2. The molecular formula is C25H28FN7O3. The van der Waals surface area contributed by atoms with Gasteiger partial charge in [-0.25, -0.2) is 14.2 Å². The Morgan fingerprint density at radius 1 is 1.19 bits per heavy atom. The van der Waals surface area contributed by atoms with E-state index in [0.29, 0.717) is 53.7 Å². The maximum Gasteiger partial charge on any atom is 0.410 e. The summed E-state index contributed by atoms with van der Waals surface area (Å²) in [5.74, 6) is 0.274. The maximum atomic E-state index is 14.3. The lowest BCUT2D eigenvalue weighted by atomic mass is 9.98. The smallest absolute Gasteiger partial charge is 0.410 e. The second-order valence-electron chi connectivity index (χ2n) is 9.98. The number of anilines is 2. The van der Waals surface area contributed by atoms with Crippen LogP contribution >= 0.6 is 0 Å². The minimum atomic E-state index is -0.557. The van der Waals surface area contributed by atoms with Crippen molar-refractivity contribution < 1.29 is 13.9 Å². The van der Waals surface area contributed by atoms with Crippen LogP contribution in [0.3, 0.4) is 0 Å². The highest BCUT2D eigenvalue weighted by atomic mass is 19.1. The fourth-order valence-corrected chi connectivity index (χ4v) is 4.56. The summed E-state index contributed by atoms with van der Waals surface area (Å²) in [6.45, 7) is 9.55. The highest BCUT2D eigenvalue weighted by Crippen LogP contribution is 2.37. The predicted molar refractivity (Wildman–Crippen MR) is 137 cm³/mol. The van der Waals surface area contributed by atoms with Crippen LogP contribution in [0.4, 0.5) is 20.7 Å². The molecule has 4 heterocycles. The number of aromatic amines is 2. The molecule has 1 aromatic carbocycles. The first kappa shape index (κ1) is 23.6. The first-order chi connectivity index (χ1) is 17.0. The Kier molecular flexibility index (Phi) is 5.57. The summed E-state index contributed by atoms with van der Waals surface area (Å²) >= 11 is 0. The molecule has 1 saturated heterocycles. The topological polar surface area (TPSA) is 133 Å². The summed E-state index contributed by atoms with van der Waals surface area (Å²) in [4.78, 5) is 36.7. The van der Waals surface area contributed by atoms with E-state index in [9.17, 15) is 14.0 Å². The number of benzene rings is 1. The fourth-order valence-electron chi connectivity index (χ4n) is 4.56. The molecule has 0 spiro atoms. The predicted octanol–water partition coefficient (Wildman–Crippen LogP) is 3.55. The number of hydrogen-bond donors (Lipinski definition) is 3. The van der Waals surface area contributed by atoms with Gasteiger partial charge >= 0.3 is 6.09 Å². The largest absolute Gasteiger partial charge is 0.444 e. The third-order valence-electron chi connectivity index (χ3n) is 6.25. The normalized spacial score (nSPS) is 14.6. The number of fused-ring (bicyclic) bond motifs is 2. The SMILES string of the molecule is Cc1cc2[nH]c(=O)c(N)c(-c3ccc(F)c4[nH]ncc34)c2nc1N1CCN(C(=O)OC(C)(C)C)CC1. The van der Waals surface area contributed by atoms with E-state index in [1.807, 2.05) is 33.8 Å². The van der Waals surface area contributed by atoms with Crippen molar-refractivity contribution in [1.29, 1.82) is 0 Å². The van der Waals surface area contributed by atoms with E-state index >= 15 is 0 Å². The Bertz CT molecular complexity index is 1550. The first-order valence-electron chi connectivity index (χ1n) is 11.7. The van der Waals surface area contributed by atoms with Crippen molar-refractivity contribution >= 4 is 39.5 Å². The van der Waals surface area contributed by atoms with Crippen molar-refractivity contribution in [2.75, 3.05) is 36.8 Å². The zero-order chi connectivity index (χ0) is 25.8. The summed E-state index contributed by atoms with van der Waals surface area (Å²) in [6, 6.07) is 4.75. The molecule has 0 atom stereocenters. The van der Waals surface area contributed by atoms with Gasteiger partial charge in [-0.05, 0) is 51.0 Å². The minimum Gasteiger partial charge on any atom is -0.444 e. The van der Waals surface area contributed by atoms with E-state index < -0.39 is 17.0 Å². The Labute approximate surface area is 206 Å². The quantitative estimate of drug-likeness (QED) is 0.389. The van der Waals surface area contributed by atoms with Crippen LogP contribution in [0.5, 0.6) is 0 Å². The van der Waals surface area contributed by atoms with Gasteiger partial charge in [-0.1, -0.05) is 6.07 Å². The number of aryl methyl sites for hydroxylation is 1. The molecule has 4 aromatic rings. The number of nitrogens with one attached hydrogen (secondary N) is 2. The third kappa shape index (κ3) is 4.10. The van der Waals surface area contributed by atoms with Gasteiger partial charge in [0.1, 0.15) is 28.4 Å². The summed E-state index contributed by atoms with van der Waals surface area (Å²) in [5, 5.41) is 7.13. The number of ether oxygens (including phenoxy) is 1. The van der Waals surface area contributed by atoms with Crippen molar-refractivity contribution in [1.82, 2.24) is 25.1 Å². The van der Waals surface area contributed by atoms with Crippen LogP contribution in [0.15, 0.2) is 29.2 Å². The number of amides is 1. The molecule has 11 heteroatoms. The van der Waals surface area contributed by atoms with Gasteiger partial charge in [0, 0.05) is 37.1 Å². The minimum absolute atomic E-state index is 0.00587. The molecule has 5 rings (SSSR count). The van der Waals surface area contributed by atoms with Crippen molar-refractivity contribution in [2.24, 2.45) is 0 Å². The molecule has 188 valence electrons. The van der Waals surface area contributed by atoms with Gasteiger partial charge in [0.2, 0.25) is 0 Å². The number of carbonyl (C=O) groups is 1. The Morgan fingerprint density at radius 3 is 2.61 bits per heavy atom. The van der Waals surface area contributed by atoms with E-state index in [0.717, 1.165) is 11.4 Å². The maximum absolute atomic E-state index is 14.3. The van der Waals surface area contributed by atoms with Gasteiger partial charge in [-0.2, -0.15) is 5.10 Å². The number of piperazine rings is 1. The van der Waals surface area contributed by atoms with Gasteiger partial charge < -0.3 is 25.3 Å². The standard InChI is InChI=1S/C25H28FN7O3/c1-13-11-17-21(30-22(13)32-7-9-33(10-8-32)24(35)36-25(2,3)4)18(19(27)23(34)29-17)14-5-6-16(26)20-15(14)12-28-31-20/h5-6,11-12H,7-10,27H2,1-4H3,(H,28,31)(H,29,34). The Morgan fingerprint density at radius 2 is 1.92 bits per heavy atom. The second-order valence-corrected chi connectivity index (χ2v) is 9.98. The van der Waals surface area contributed by atoms with Crippen molar-refractivity contribution in [3.05, 3.63) is 46.1 Å². The highest BCUT2D eigenvalue weighted by Gasteiger charge is 2.27. The summed E-state index contributed by atoms with van der Waals surface area (Å²) in [6.07, 6.45) is 1.17. The number of nitrogen functional groups attached to an aromatic ring is 1. The molecule has 36 heavy (non-hydrogen) atoms. The van der Waals surface area contributed by atoms with E-state index in [2.05, 4.69) is 20.1 Å².